The van der Waals surface area contributed by atoms with E-state index < -0.39 is 0 Å². The van der Waals surface area contributed by atoms with Gasteiger partial charge in [0.2, 0.25) is 0 Å². The molecule has 0 N–H and O–H groups in total. The molecule has 0 aliphatic heterocycles. The van der Waals surface area contributed by atoms with Gasteiger partial charge in [-0.05, 0) is 24.3 Å². The Hall–Kier alpha value is -0.700. The second-order valence-corrected chi connectivity index (χ2v) is 2.35. The SMILES string of the molecule is C=O.Fc1ccc(Br)cc1. The van der Waals surface area contributed by atoms with Crippen molar-refractivity contribution in [2.45, 2.75) is 0 Å². The number of hydrogen-bond acceptors (Lipinski definition) is 1. The van der Waals surface area contributed by atoms with Crippen molar-refractivity contribution in [3.8, 4) is 0 Å². The van der Waals surface area contributed by atoms with Crippen LogP contribution in [0.4, 0.5) is 4.39 Å². The predicted octanol–water partition coefficient (Wildman–Crippen LogP) is 2.40. The third-order valence-electron chi connectivity index (χ3n) is 0.804. The summed E-state index contributed by atoms with van der Waals surface area (Å²) in [5, 5.41) is 0. The Morgan fingerprint density at radius 1 is 1.20 bits per heavy atom. The van der Waals surface area contributed by atoms with Crippen molar-refractivity contribution < 1.29 is 9.18 Å². The van der Waals surface area contributed by atoms with Gasteiger partial charge in [0.05, 0.1) is 0 Å². The van der Waals surface area contributed by atoms with E-state index in [9.17, 15) is 4.39 Å². The molecule has 0 amide bonds. The van der Waals surface area contributed by atoms with Crippen molar-refractivity contribution in [3.63, 3.8) is 0 Å². The van der Waals surface area contributed by atoms with E-state index in [4.69, 9.17) is 4.79 Å². The number of hydrogen-bond donors (Lipinski definition) is 0. The number of halogens is 2. The molecule has 0 heterocycles. The van der Waals surface area contributed by atoms with E-state index in [0.717, 1.165) is 4.47 Å². The Labute approximate surface area is 67.0 Å². The van der Waals surface area contributed by atoms with Crippen molar-refractivity contribution in [1.82, 2.24) is 0 Å². The third kappa shape index (κ3) is 3.35. The predicted molar refractivity (Wildman–Crippen MR) is 41.2 cm³/mol. The molecule has 1 aromatic rings. The van der Waals surface area contributed by atoms with Gasteiger partial charge < -0.3 is 4.79 Å². The van der Waals surface area contributed by atoms with Crippen LogP contribution >= 0.6 is 15.9 Å². The maximum absolute atomic E-state index is 12.1. The smallest absolute Gasteiger partial charge is 0.123 e. The molecule has 0 saturated heterocycles. The fourth-order valence-electron chi connectivity index (χ4n) is 0.430. The zero-order valence-corrected chi connectivity index (χ0v) is 6.77. The van der Waals surface area contributed by atoms with Gasteiger partial charge >= 0.3 is 0 Å². The molecule has 0 aliphatic carbocycles. The first kappa shape index (κ1) is 9.30. The lowest BCUT2D eigenvalue weighted by Crippen LogP contribution is -1.67. The molecule has 0 bridgehead atoms. The Bertz CT molecular complexity index is 164. The molecule has 1 rings (SSSR count). The van der Waals surface area contributed by atoms with Crippen LogP contribution in [0.15, 0.2) is 28.7 Å². The van der Waals surface area contributed by atoms with Crippen LogP contribution in [0, 0.1) is 5.82 Å². The number of carbonyl (C=O) groups excluding carboxylic acids is 1. The van der Waals surface area contributed by atoms with E-state index in [0.29, 0.717) is 0 Å². The maximum atomic E-state index is 12.1. The second-order valence-electron chi connectivity index (χ2n) is 1.44. The van der Waals surface area contributed by atoms with E-state index in [2.05, 4.69) is 15.9 Å². The lowest BCUT2D eigenvalue weighted by Gasteiger charge is -1.85. The Morgan fingerprint density at radius 2 is 1.60 bits per heavy atom. The summed E-state index contributed by atoms with van der Waals surface area (Å²) in [5.41, 5.74) is 0. The standard InChI is InChI=1S/C6H4BrF.CH2O/c7-5-1-3-6(8)4-2-5;1-2/h1-4H;1H2. The molecule has 0 fully saturated rings. The minimum Gasteiger partial charge on any atom is -0.307 e. The van der Waals surface area contributed by atoms with E-state index in [1.807, 2.05) is 6.79 Å². The molecular formula is C7H6BrFO. The van der Waals surface area contributed by atoms with Crippen molar-refractivity contribution >= 4 is 22.7 Å². The first-order valence-electron chi connectivity index (χ1n) is 2.49. The van der Waals surface area contributed by atoms with Crippen molar-refractivity contribution in [2.24, 2.45) is 0 Å². The summed E-state index contributed by atoms with van der Waals surface area (Å²) in [6.45, 7) is 2.00. The van der Waals surface area contributed by atoms with Crippen LogP contribution < -0.4 is 0 Å². The van der Waals surface area contributed by atoms with Crippen LogP contribution in [0.1, 0.15) is 0 Å². The molecule has 0 aliphatic rings. The van der Waals surface area contributed by atoms with Gasteiger partial charge in [-0.3, -0.25) is 0 Å². The van der Waals surface area contributed by atoms with Gasteiger partial charge in [0.15, 0.2) is 0 Å². The minimum absolute atomic E-state index is 0.201. The fourth-order valence-corrected chi connectivity index (χ4v) is 0.694. The summed E-state index contributed by atoms with van der Waals surface area (Å²) in [7, 11) is 0. The number of carbonyl (C=O) groups is 1. The van der Waals surface area contributed by atoms with Gasteiger partial charge in [-0.1, -0.05) is 15.9 Å². The van der Waals surface area contributed by atoms with Gasteiger partial charge in [-0.25, -0.2) is 4.39 Å². The molecule has 0 aromatic heterocycles. The average Bonchev–Trinajstić information content (AvgIpc) is 2.00. The lowest BCUT2D eigenvalue weighted by atomic mass is 10.4. The lowest BCUT2D eigenvalue weighted by molar-refractivity contribution is -0.0979. The maximum Gasteiger partial charge on any atom is 0.123 e. The molecule has 1 nitrogen and oxygen atoms in total. The molecule has 3 heteroatoms. The van der Waals surface area contributed by atoms with Crippen molar-refractivity contribution in [2.75, 3.05) is 0 Å². The third-order valence-corrected chi connectivity index (χ3v) is 1.33. The summed E-state index contributed by atoms with van der Waals surface area (Å²) in [6, 6.07) is 6.14. The topological polar surface area (TPSA) is 17.1 Å². The molecule has 0 saturated carbocycles. The quantitative estimate of drug-likeness (QED) is 0.635. The van der Waals surface area contributed by atoms with Crippen molar-refractivity contribution in [3.05, 3.63) is 34.6 Å². The molecular weight excluding hydrogens is 199 g/mol. The van der Waals surface area contributed by atoms with Gasteiger partial charge in [0, 0.05) is 4.47 Å². The highest BCUT2D eigenvalue weighted by Gasteiger charge is 1.84. The number of rotatable bonds is 0. The first-order valence-corrected chi connectivity index (χ1v) is 3.28. The van der Waals surface area contributed by atoms with Gasteiger partial charge in [0.25, 0.3) is 0 Å². The second kappa shape index (κ2) is 5.11. The van der Waals surface area contributed by atoms with E-state index in [1.54, 1.807) is 12.1 Å². The highest BCUT2D eigenvalue weighted by Crippen LogP contribution is 2.08. The monoisotopic (exact) mass is 204 g/mol. The highest BCUT2D eigenvalue weighted by atomic mass is 79.9. The summed E-state index contributed by atoms with van der Waals surface area (Å²) in [4.78, 5) is 8.00. The van der Waals surface area contributed by atoms with Gasteiger partial charge in [0.1, 0.15) is 12.6 Å². The summed E-state index contributed by atoms with van der Waals surface area (Å²) >= 11 is 3.18. The molecule has 1 aromatic carbocycles. The normalized spacial score (nSPS) is 7.80. The van der Waals surface area contributed by atoms with E-state index in [1.165, 1.54) is 12.1 Å². The van der Waals surface area contributed by atoms with Crippen molar-refractivity contribution in [1.29, 1.82) is 0 Å². The highest BCUT2D eigenvalue weighted by molar-refractivity contribution is 9.10. The van der Waals surface area contributed by atoms with Crippen LogP contribution in [0.2, 0.25) is 0 Å². The van der Waals surface area contributed by atoms with Crippen LogP contribution in [-0.4, -0.2) is 6.79 Å². The zero-order valence-electron chi connectivity index (χ0n) is 5.18. The molecule has 0 atom stereocenters. The van der Waals surface area contributed by atoms with Crippen LogP contribution in [0.5, 0.6) is 0 Å². The molecule has 54 valence electrons. The summed E-state index contributed by atoms with van der Waals surface area (Å²) < 4.78 is 13.0. The minimum atomic E-state index is -0.201. The summed E-state index contributed by atoms with van der Waals surface area (Å²) in [5.74, 6) is -0.201. The van der Waals surface area contributed by atoms with Crippen LogP contribution in [0.3, 0.4) is 0 Å². The largest absolute Gasteiger partial charge is 0.307 e. The zero-order chi connectivity index (χ0) is 7.98. The Balaban J connectivity index is 0.000000371. The van der Waals surface area contributed by atoms with Gasteiger partial charge in [-0.15, -0.1) is 0 Å². The first-order chi connectivity index (χ1) is 4.79. The Morgan fingerprint density at radius 3 is 1.90 bits per heavy atom. The summed E-state index contributed by atoms with van der Waals surface area (Å²) in [6.07, 6.45) is 0. The molecule has 0 spiro atoms. The average molecular weight is 205 g/mol. The van der Waals surface area contributed by atoms with E-state index in [-0.39, 0.29) is 5.82 Å². The fraction of sp³-hybridized carbons (Fsp3) is 0. The molecule has 0 radical (unpaired) electrons. The molecule has 0 unspecified atom stereocenters. The number of benzene rings is 1. The Kier molecular flexibility index (Phi) is 4.76. The van der Waals surface area contributed by atoms with E-state index >= 15 is 0 Å². The van der Waals surface area contributed by atoms with Gasteiger partial charge in [-0.2, -0.15) is 0 Å². The van der Waals surface area contributed by atoms with Crippen LogP contribution in [0.25, 0.3) is 0 Å². The van der Waals surface area contributed by atoms with Crippen LogP contribution in [-0.2, 0) is 4.79 Å². The molecule has 10 heavy (non-hydrogen) atoms.